The molecule has 5 nitrogen and oxygen atoms in total. The van der Waals surface area contributed by atoms with Crippen molar-refractivity contribution in [1.29, 1.82) is 0 Å². The molecule has 1 aliphatic carbocycles. The lowest BCUT2D eigenvalue weighted by molar-refractivity contribution is -0.139. The van der Waals surface area contributed by atoms with Crippen molar-refractivity contribution in [2.45, 2.75) is 43.0 Å². The van der Waals surface area contributed by atoms with Gasteiger partial charge in [-0.2, -0.15) is 0 Å². The Morgan fingerprint density at radius 1 is 1.05 bits per heavy atom. The summed E-state index contributed by atoms with van der Waals surface area (Å²) in [5.41, 5.74) is 0. The smallest absolute Gasteiger partial charge is 0.240 e. The van der Waals surface area contributed by atoms with Gasteiger partial charge in [-0.15, -0.1) is 0 Å². The quantitative estimate of drug-likeness (QED) is 0.918. The first-order valence-corrected chi connectivity index (χ1v) is 9.41. The first-order valence-electron chi connectivity index (χ1n) is 7.92. The van der Waals surface area contributed by atoms with Gasteiger partial charge in [0, 0.05) is 25.0 Å². The second kappa shape index (κ2) is 6.38. The Bertz CT molecular complexity index is 618. The Kier molecular flexibility index (Phi) is 4.49. The van der Waals surface area contributed by atoms with E-state index in [-0.39, 0.29) is 17.9 Å². The molecule has 0 aromatic heterocycles. The van der Waals surface area contributed by atoms with E-state index in [2.05, 4.69) is 4.72 Å². The number of hydrogen-bond acceptors (Lipinski definition) is 3. The highest BCUT2D eigenvalue weighted by Gasteiger charge is 2.32. The molecule has 1 aromatic carbocycles. The van der Waals surface area contributed by atoms with Gasteiger partial charge in [-0.05, 0) is 37.8 Å². The molecule has 0 unspecified atom stereocenters. The Labute approximate surface area is 131 Å². The molecule has 1 amide bonds. The summed E-state index contributed by atoms with van der Waals surface area (Å²) < 4.78 is 27.3. The molecule has 1 N–H and O–H groups in total. The zero-order valence-corrected chi connectivity index (χ0v) is 13.4. The summed E-state index contributed by atoms with van der Waals surface area (Å²) in [4.78, 5) is 14.4. The minimum absolute atomic E-state index is 0.0874. The second-order valence-corrected chi connectivity index (χ2v) is 7.88. The maximum atomic E-state index is 12.3. The number of nitrogens with one attached hydrogen (secondary N) is 1. The van der Waals surface area contributed by atoms with Crippen LogP contribution >= 0.6 is 0 Å². The van der Waals surface area contributed by atoms with Crippen molar-refractivity contribution >= 4 is 15.9 Å². The Morgan fingerprint density at radius 3 is 2.23 bits per heavy atom. The maximum absolute atomic E-state index is 12.3. The van der Waals surface area contributed by atoms with Gasteiger partial charge in [0.25, 0.3) is 0 Å². The maximum Gasteiger partial charge on any atom is 0.240 e. The van der Waals surface area contributed by atoms with E-state index in [0.717, 1.165) is 19.3 Å². The largest absolute Gasteiger partial charge is 0.342 e. The van der Waals surface area contributed by atoms with Crippen molar-refractivity contribution in [1.82, 2.24) is 9.62 Å². The summed E-state index contributed by atoms with van der Waals surface area (Å²) in [6, 6.07) is 8.33. The molecule has 0 radical (unpaired) electrons. The van der Waals surface area contributed by atoms with Gasteiger partial charge in [0.15, 0.2) is 0 Å². The fourth-order valence-electron chi connectivity index (χ4n) is 3.02. The van der Waals surface area contributed by atoms with E-state index in [4.69, 9.17) is 0 Å². The molecule has 0 atom stereocenters. The van der Waals surface area contributed by atoms with Crippen LogP contribution in [-0.4, -0.2) is 38.4 Å². The standard InChI is InChI=1S/C16H22N2O3S/c19-16(13-5-4-6-13)18-11-9-14(10-12-18)17-22(20,21)15-7-2-1-3-8-15/h1-3,7-8,13-14,17H,4-6,9-12H2. The topological polar surface area (TPSA) is 66.5 Å². The van der Waals surface area contributed by atoms with E-state index in [0.29, 0.717) is 30.8 Å². The van der Waals surface area contributed by atoms with Crippen molar-refractivity contribution in [2.24, 2.45) is 5.92 Å². The SMILES string of the molecule is O=C(C1CCC1)N1CCC(NS(=O)(=O)c2ccccc2)CC1. The number of likely N-dealkylation sites (tertiary alicyclic amines) is 1. The summed E-state index contributed by atoms with van der Waals surface area (Å²) in [6.07, 6.45) is 4.55. The van der Waals surface area contributed by atoms with E-state index in [1.807, 2.05) is 4.90 Å². The first kappa shape index (κ1) is 15.5. The van der Waals surface area contributed by atoms with Crippen LogP contribution in [0, 0.1) is 5.92 Å². The number of piperidine rings is 1. The molecule has 1 heterocycles. The Balaban J connectivity index is 1.54. The number of hydrogen-bond donors (Lipinski definition) is 1. The number of amides is 1. The van der Waals surface area contributed by atoms with Crippen LogP contribution in [0.3, 0.4) is 0 Å². The Hall–Kier alpha value is -1.40. The molecule has 0 spiro atoms. The second-order valence-electron chi connectivity index (χ2n) is 6.16. The van der Waals surface area contributed by atoms with Gasteiger partial charge in [-0.25, -0.2) is 13.1 Å². The van der Waals surface area contributed by atoms with Crippen LogP contribution < -0.4 is 4.72 Å². The lowest BCUT2D eigenvalue weighted by atomic mass is 9.84. The van der Waals surface area contributed by atoms with Crippen LogP contribution in [0.1, 0.15) is 32.1 Å². The van der Waals surface area contributed by atoms with Gasteiger partial charge in [0.2, 0.25) is 15.9 Å². The highest BCUT2D eigenvalue weighted by atomic mass is 32.2. The molecule has 3 rings (SSSR count). The summed E-state index contributed by atoms with van der Waals surface area (Å²) >= 11 is 0. The lowest BCUT2D eigenvalue weighted by Crippen LogP contribution is -2.48. The van der Waals surface area contributed by atoms with E-state index < -0.39 is 10.0 Å². The summed E-state index contributed by atoms with van der Waals surface area (Å²) in [6.45, 7) is 1.30. The molecule has 0 bridgehead atoms. The van der Waals surface area contributed by atoms with Crippen LogP contribution in [0.2, 0.25) is 0 Å². The average Bonchev–Trinajstić information content (AvgIpc) is 2.47. The number of sulfonamides is 1. The number of benzene rings is 1. The van der Waals surface area contributed by atoms with Crippen molar-refractivity contribution in [3.05, 3.63) is 30.3 Å². The third kappa shape index (κ3) is 3.33. The molecule has 1 saturated carbocycles. The molecule has 6 heteroatoms. The minimum Gasteiger partial charge on any atom is -0.342 e. The molecule has 2 aliphatic rings. The highest BCUT2D eigenvalue weighted by Crippen LogP contribution is 2.29. The normalized spacial score (nSPS) is 20.6. The zero-order valence-electron chi connectivity index (χ0n) is 12.6. The van der Waals surface area contributed by atoms with Gasteiger partial charge < -0.3 is 4.90 Å². The van der Waals surface area contributed by atoms with Crippen LogP contribution in [0.4, 0.5) is 0 Å². The molecule has 1 saturated heterocycles. The van der Waals surface area contributed by atoms with E-state index in [9.17, 15) is 13.2 Å². The molecular formula is C16H22N2O3S. The predicted octanol–water partition coefficient (Wildman–Crippen LogP) is 1.76. The number of rotatable bonds is 4. The van der Waals surface area contributed by atoms with E-state index in [1.54, 1.807) is 30.3 Å². The number of nitrogens with zero attached hydrogens (tertiary/aromatic N) is 1. The van der Waals surface area contributed by atoms with Gasteiger partial charge in [0.1, 0.15) is 0 Å². The van der Waals surface area contributed by atoms with Crippen molar-refractivity contribution < 1.29 is 13.2 Å². The molecule has 1 aliphatic heterocycles. The molecule has 2 fully saturated rings. The van der Waals surface area contributed by atoms with Crippen molar-refractivity contribution in [2.75, 3.05) is 13.1 Å². The fraction of sp³-hybridized carbons (Fsp3) is 0.562. The highest BCUT2D eigenvalue weighted by molar-refractivity contribution is 7.89. The van der Waals surface area contributed by atoms with Crippen LogP contribution in [0.5, 0.6) is 0 Å². The molecule has 22 heavy (non-hydrogen) atoms. The van der Waals surface area contributed by atoms with Gasteiger partial charge in [-0.1, -0.05) is 24.6 Å². The summed E-state index contributed by atoms with van der Waals surface area (Å²) in [5, 5.41) is 0. The van der Waals surface area contributed by atoms with Gasteiger partial charge >= 0.3 is 0 Å². The Morgan fingerprint density at radius 2 is 1.68 bits per heavy atom. The minimum atomic E-state index is -3.46. The van der Waals surface area contributed by atoms with Crippen molar-refractivity contribution in [3.8, 4) is 0 Å². The third-order valence-electron chi connectivity index (χ3n) is 4.64. The number of carbonyl (C=O) groups is 1. The monoisotopic (exact) mass is 322 g/mol. The zero-order chi connectivity index (χ0) is 15.6. The molecular weight excluding hydrogens is 300 g/mol. The predicted molar refractivity (Wildman–Crippen MR) is 83.7 cm³/mol. The summed E-state index contributed by atoms with van der Waals surface area (Å²) in [5.74, 6) is 0.480. The average molecular weight is 322 g/mol. The summed E-state index contributed by atoms with van der Waals surface area (Å²) in [7, 11) is -3.46. The van der Waals surface area contributed by atoms with Gasteiger partial charge in [-0.3, -0.25) is 4.79 Å². The third-order valence-corrected chi connectivity index (χ3v) is 6.17. The molecule has 120 valence electrons. The van der Waals surface area contributed by atoms with Crippen molar-refractivity contribution in [3.63, 3.8) is 0 Å². The van der Waals surface area contributed by atoms with Gasteiger partial charge in [0.05, 0.1) is 4.90 Å². The number of carbonyl (C=O) groups excluding carboxylic acids is 1. The molecule has 1 aromatic rings. The lowest BCUT2D eigenvalue weighted by Gasteiger charge is -2.36. The van der Waals surface area contributed by atoms with E-state index in [1.165, 1.54) is 0 Å². The van der Waals surface area contributed by atoms with Crippen LogP contribution in [0.15, 0.2) is 35.2 Å². The van der Waals surface area contributed by atoms with Crippen LogP contribution in [-0.2, 0) is 14.8 Å². The first-order chi connectivity index (χ1) is 10.6. The fourth-order valence-corrected chi connectivity index (χ4v) is 4.34. The van der Waals surface area contributed by atoms with Crippen LogP contribution in [0.25, 0.3) is 0 Å². The van der Waals surface area contributed by atoms with E-state index >= 15 is 0 Å².